The van der Waals surface area contributed by atoms with E-state index in [1.54, 1.807) is 17.1 Å². The molecule has 0 atom stereocenters. The van der Waals surface area contributed by atoms with E-state index in [0.29, 0.717) is 25.3 Å². The van der Waals surface area contributed by atoms with Crippen LogP contribution >= 0.6 is 0 Å². The van der Waals surface area contributed by atoms with Crippen LogP contribution in [0.1, 0.15) is 37.6 Å². The first kappa shape index (κ1) is 15.7. The summed E-state index contributed by atoms with van der Waals surface area (Å²) in [6, 6.07) is 0. The van der Waals surface area contributed by atoms with Gasteiger partial charge in [-0.05, 0) is 27.2 Å². The average molecular weight is 269 g/mol. The molecule has 0 spiro atoms. The minimum atomic E-state index is -0.128. The molecule has 0 aliphatic carbocycles. The number of nitrogens with one attached hydrogen (secondary N) is 1. The maximum absolute atomic E-state index is 11.8. The number of rotatable bonds is 7. The number of carbonyl (C=O) groups excluding carboxylic acids is 1. The minimum absolute atomic E-state index is 0.0261. The van der Waals surface area contributed by atoms with E-state index in [0.717, 1.165) is 6.42 Å². The number of hydrogen-bond acceptors (Lipinski definition) is 4. The van der Waals surface area contributed by atoms with Gasteiger partial charge in [-0.15, -0.1) is 0 Å². The lowest BCUT2D eigenvalue weighted by Gasteiger charge is -2.18. The molecule has 0 aromatic carbocycles. The molecule has 0 saturated carbocycles. The van der Waals surface area contributed by atoms with Crippen molar-refractivity contribution in [1.82, 2.24) is 15.1 Å². The SMILES string of the molecule is CC(C)(C)n1cc(C(=O)NCCCOCCO)cn1. The molecule has 6 heteroatoms. The Balaban J connectivity index is 2.32. The molecule has 1 amide bonds. The summed E-state index contributed by atoms with van der Waals surface area (Å²) >= 11 is 0. The highest BCUT2D eigenvalue weighted by atomic mass is 16.5. The smallest absolute Gasteiger partial charge is 0.254 e. The Labute approximate surface area is 113 Å². The monoisotopic (exact) mass is 269 g/mol. The Hall–Kier alpha value is -1.40. The van der Waals surface area contributed by atoms with Crippen LogP contribution in [0.15, 0.2) is 12.4 Å². The summed E-state index contributed by atoms with van der Waals surface area (Å²) in [5.74, 6) is -0.127. The number of aliphatic hydroxyl groups is 1. The zero-order chi connectivity index (χ0) is 14.3. The van der Waals surface area contributed by atoms with Crippen molar-refractivity contribution in [1.29, 1.82) is 0 Å². The second-order valence-corrected chi connectivity index (χ2v) is 5.29. The number of aliphatic hydroxyl groups excluding tert-OH is 1. The Morgan fingerprint density at radius 1 is 1.47 bits per heavy atom. The normalized spacial score (nSPS) is 11.6. The van der Waals surface area contributed by atoms with Crippen LogP contribution in [0.3, 0.4) is 0 Å². The molecular weight excluding hydrogens is 246 g/mol. The summed E-state index contributed by atoms with van der Waals surface area (Å²) < 4.78 is 6.87. The first-order chi connectivity index (χ1) is 8.95. The molecule has 1 aromatic rings. The average Bonchev–Trinajstić information content (AvgIpc) is 2.82. The Bertz CT molecular complexity index is 396. The number of ether oxygens (including phenoxy) is 1. The zero-order valence-corrected chi connectivity index (χ0v) is 11.8. The second kappa shape index (κ2) is 7.25. The van der Waals surface area contributed by atoms with Gasteiger partial charge in [0.2, 0.25) is 0 Å². The minimum Gasteiger partial charge on any atom is -0.394 e. The summed E-state index contributed by atoms with van der Waals surface area (Å²) in [4.78, 5) is 11.8. The van der Waals surface area contributed by atoms with Crippen LogP contribution in [0.4, 0.5) is 0 Å². The van der Waals surface area contributed by atoms with Crippen molar-refractivity contribution in [2.45, 2.75) is 32.7 Å². The zero-order valence-electron chi connectivity index (χ0n) is 11.8. The van der Waals surface area contributed by atoms with Crippen LogP contribution in [0.2, 0.25) is 0 Å². The van der Waals surface area contributed by atoms with Gasteiger partial charge in [0.05, 0.1) is 30.5 Å². The Morgan fingerprint density at radius 2 is 2.21 bits per heavy atom. The summed E-state index contributed by atoms with van der Waals surface area (Å²) in [7, 11) is 0. The fourth-order valence-electron chi connectivity index (χ4n) is 1.45. The van der Waals surface area contributed by atoms with Crippen LogP contribution in [0, 0.1) is 0 Å². The van der Waals surface area contributed by atoms with Crippen LogP contribution in [0.5, 0.6) is 0 Å². The molecule has 108 valence electrons. The summed E-state index contributed by atoms with van der Waals surface area (Å²) in [6.45, 7) is 7.53. The maximum atomic E-state index is 11.8. The second-order valence-electron chi connectivity index (χ2n) is 5.29. The number of aromatic nitrogens is 2. The predicted octanol–water partition coefficient (Wildman–Crippen LogP) is 0.767. The van der Waals surface area contributed by atoms with Crippen LogP contribution in [0.25, 0.3) is 0 Å². The molecule has 6 nitrogen and oxygen atoms in total. The lowest BCUT2D eigenvalue weighted by Crippen LogP contribution is -2.25. The summed E-state index contributed by atoms with van der Waals surface area (Å²) in [6.07, 6.45) is 4.04. The van der Waals surface area contributed by atoms with Crippen molar-refractivity contribution >= 4 is 5.91 Å². The van der Waals surface area contributed by atoms with E-state index < -0.39 is 0 Å². The molecule has 19 heavy (non-hydrogen) atoms. The van der Waals surface area contributed by atoms with Gasteiger partial charge in [0.15, 0.2) is 0 Å². The van der Waals surface area contributed by atoms with Crippen molar-refractivity contribution in [3.05, 3.63) is 18.0 Å². The van der Waals surface area contributed by atoms with E-state index in [2.05, 4.69) is 10.4 Å². The molecule has 2 N–H and O–H groups in total. The maximum Gasteiger partial charge on any atom is 0.254 e. The lowest BCUT2D eigenvalue weighted by atomic mass is 10.1. The fraction of sp³-hybridized carbons (Fsp3) is 0.692. The van der Waals surface area contributed by atoms with Gasteiger partial charge in [-0.3, -0.25) is 9.48 Å². The lowest BCUT2D eigenvalue weighted by molar-refractivity contribution is 0.0867. The molecule has 0 unspecified atom stereocenters. The molecule has 1 aromatic heterocycles. The molecular formula is C13H23N3O3. The first-order valence-electron chi connectivity index (χ1n) is 6.47. The highest BCUT2D eigenvalue weighted by Gasteiger charge is 2.16. The van der Waals surface area contributed by atoms with Gasteiger partial charge in [-0.1, -0.05) is 0 Å². The van der Waals surface area contributed by atoms with Crippen molar-refractivity contribution < 1.29 is 14.6 Å². The van der Waals surface area contributed by atoms with Crippen molar-refractivity contribution in [3.8, 4) is 0 Å². The van der Waals surface area contributed by atoms with Gasteiger partial charge in [0, 0.05) is 19.3 Å². The standard InChI is InChI=1S/C13H23N3O3/c1-13(2,3)16-10-11(9-15-16)12(18)14-5-4-7-19-8-6-17/h9-10,17H,4-8H2,1-3H3,(H,14,18). The van der Waals surface area contributed by atoms with E-state index in [9.17, 15) is 4.79 Å². The van der Waals surface area contributed by atoms with E-state index in [1.807, 2.05) is 20.8 Å². The predicted molar refractivity (Wildman–Crippen MR) is 72.1 cm³/mol. The molecule has 0 radical (unpaired) electrons. The molecule has 0 fully saturated rings. The summed E-state index contributed by atoms with van der Waals surface area (Å²) in [5.41, 5.74) is 0.433. The third kappa shape index (κ3) is 5.40. The third-order valence-electron chi connectivity index (χ3n) is 2.52. The number of carbonyl (C=O) groups is 1. The Kier molecular flexibility index (Phi) is 5.98. The molecule has 0 aliphatic rings. The highest BCUT2D eigenvalue weighted by Crippen LogP contribution is 2.12. The number of hydrogen-bond donors (Lipinski definition) is 2. The van der Waals surface area contributed by atoms with Gasteiger partial charge in [-0.2, -0.15) is 5.10 Å². The highest BCUT2D eigenvalue weighted by molar-refractivity contribution is 5.93. The van der Waals surface area contributed by atoms with E-state index in [4.69, 9.17) is 9.84 Å². The van der Waals surface area contributed by atoms with Crippen molar-refractivity contribution in [3.63, 3.8) is 0 Å². The van der Waals surface area contributed by atoms with Gasteiger partial charge >= 0.3 is 0 Å². The topological polar surface area (TPSA) is 76.4 Å². The summed E-state index contributed by atoms with van der Waals surface area (Å²) in [5, 5.41) is 15.5. The quantitative estimate of drug-likeness (QED) is 0.717. The largest absolute Gasteiger partial charge is 0.394 e. The number of amides is 1. The van der Waals surface area contributed by atoms with Crippen LogP contribution in [-0.2, 0) is 10.3 Å². The van der Waals surface area contributed by atoms with Gasteiger partial charge in [-0.25, -0.2) is 0 Å². The van der Waals surface area contributed by atoms with E-state index in [-0.39, 0.29) is 18.1 Å². The van der Waals surface area contributed by atoms with Crippen LogP contribution < -0.4 is 5.32 Å². The molecule has 1 rings (SSSR count). The number of nitrogens with zero attached hydrogens (tertiary/aromatic N) is 2. The molecule has 0 bridgehead atoms. The van der Waals surface area contributed by atoms with Gasteiger partial charge < -0.3 is 15.2 Å². The van der Waals surface area contributed by atoms with E-state index >= 15 is 0 Å². The Morgan fingerprint density at radius 3 is 2.79 bits per heavy atom. The third-order valence-corrected chi connectivity index (χ3v) is 2.52. The molecule has 1 heterocycles. The van der Waals surface area contributed by atoms with Crippen LogP contribution in [-0.4, -0.2) is 47.2 Å². The van der Waals surface area contributed by atoms with E-state index in [1.165, 1.54) is 0 Å². The molecule has 0 aliphatic heterocycles. The van der Waals surface area contributed by atoms with Gasteiger partial charge in [0.25, 0.3) is 5.91 Å². The first-order valence-corrected chi connectivity index (χ1v) is 6.47. The van der Waals surface area contributed by atoms with Gasteiger partial charge in [0.1, 0.15) is 0 Å². The molecule has 0 saturated heterocycles. The fourth-order valence-corrected chi connectivity index (χ4v) is 1.45. The van der Waals surface area contributed by atoms with Crippen molar-refractivity contribution in [2.24, 2.45) is 0 Å². The van der Waals surface area contributed by atoms with Crippen molar-refractivity contribution in [2.75, 3.05) is 26.4 Å².